The van der Waals surface area contributed by atoms with E-state index < -0.39 is 5.92 Å². The monoisotopic (exact) mass is 403 g/mol. The van der Waals surface area contributed by atoms with Crippen LogP contribution < -0.4 is 4.74 Å². The summed E-state index contributed by atoms with van der Waals surface area (Å²) in [5.41, 5.74) is 4.27. The fourth-order valence-corrected chi connectivity index (χ4v) is 3.55. The Balaban J connectivity index is 1.48. The normalized spacial score (nSPS) is 16.0. The molecular formula is C21H20ClF2N3O. The summed E-state index contributed by atoms with van der Waals surface area (Å²) in [6.07, 6.45) is 1.44. The van der Waals surface area contributed by atoms with Crippen LogP contribution in [0.5, 0.6) is 5.75 Å². The second-order valence-electron chi connectivity index (χ2n) is 7.34. The smallest absolute Gasteiger partial charge is 0.249 e. The zero-order chi connectivity index (χ0) is 19.9. The van der Waals surface area contributed by atoms with Gasteiger partial charge in [-0.25, -0.2) is 13.8 Å². The van der Waals surface area contributed by atoms with E-state index in [9.17, 15) is 8.78 Å². The number of hydrogen-bond acceptors (Lipinski definition) is 3. The van der Waals surface area contributed by atoms with Gasteiger partial charge in [0.2, 0.25) is 5.92 Å². The molecule has 0 saturated heterocycles. The molecule has 0 radical (unpaired) electrons. The number of alkyl halides is 2. The number of benzene rings is 1. The van der Waals surface area contributed by atoms with E-state index in [-0.39, 0.29) is 18.8 Å². The molecule has 0 bridgehead atoms. The van der Waals surface area contributed by atoms with Gasteiger partial charge in [0.25, 0.3) is 0 Å². The van der Waals surface area contributed by atoms with Crippen LogP contribution in [0, 0.1) is 13.8 Å². The van der Waals surface area contributed by atoms with Crippen molar-refractivity contribution >= 4 is 11.6 Å². The molecule has 28 heavy (non-hydrogen) atoms. The molecule has 3 aromatic rings. The quantitative estimate of drug-likeness (QED) is 0.582. The van der Waals surface area contributed by atoms with Gasteiger partial charge in [-0.2, -0.15) is 0 Å². The highest BCUT2D eigenvalue weighted by Gasteiger charge is 2.47. The predicted molar refractivity (Wildman–Crippen MR) is 104 cm³/mol. The van der Waals surface area contributed by atoms with Gasteiger partial charge in [-0.1, -0.05) is 17.7 Å². The van der Waals surface area contributed by atoms with E-state index in [1.807, 2.05) is 50.4 Å². The van der Waals surface area contributed by atoms with Crippen LogP contribution in [0.15, 0.2) is 36.5 Å². The lowest BCUT2D eigenvalue weighted by Gasteiger charge is -2.33. The third-order valence-corrected chi connectivity index (χ3v) is 5.22. The highest BCUT2D eigenvalue weighted by atomic mass is 35.5. The first kappa shape index (κ1) is 18.9. The van der Waals surface area contributed by atoms with Crippen LogP contribution in [0.25, 0.3) is 11.3 Å². The number of nitrogens with zero attached hydrogens (tertiary/aromatic N) is 2. The molecule has 2 aromatic heterocycles. The Kier molecular flexibility index (Phi) is 4.83. The topological polar surface area (TPSA) is 50.8 Å². The van der Waals surface area contributed by atoms with Crippen molar-refractivity contribution in [3.05, 3.63) is 64.3 Å². The SMILES string of the molecule is Cc1ccc(COc2ccc(-c3nc(C4CC(F)(F)C4)[nH]c3Cl)cc2C)nc1. The van der Waals surface area contributed by atoms with Gasteiger partial charge in [0.05, 0.1) is 5.69 Å². The van der Waals surface area contributed by atoms with E-state index in [1.165, 1.54) is 0 Å². The summed E-state index contributed by atoms with van der Waals surface area (Å²) in [7, 11) is 0. The Morgan fingerprint density at radius 1 is 1.21 bits per heavy atom. The van der Waals surface area contributed by atoms with Gasteiger partial charge in [0.1, 0.15) is 29.0 Å². The summed E-state index contributed by atoms with van der Waals surface area (Å²) >= 11 is 6.28. The van der Waals surface area contributed by atoms with Crippen molar-refractivity contribution in [1.29, 1.82) is 0 Å². The molecule has 1 aromatic carbocycles. The Morgan fingerprint density at radius 2 is 2.00 bits per heavy atom. The maximum Gasteiger partial charge on any atom is 0.249 e. The number of pyridine rings is 1. The van der Waals surface area contributed by atoms with Crippen LogP contribution in [-0.2, 0) is 6.61 Å². The van der Waals surface area contributed by atoms with Crippen molar-refractivity contribution in [1.82, 2.24) is 15.0 Å². The van der Waals surface area contributed by atoms with Crippen molar-refractivity contribution < 1.29 is 13.5 Å². The number of rotatable bonds is 5. The second-order valence-corrected chi connectivity index (χ2v) is 7.72. The molecule has 1 aliphatic carbocycles. The first-order chi connectivity index (χ1) is 13.3. The minimum atomic E-state index is -2.59. The molecule has 0 unspecified atom stereocenters. The van der Waals surface area contributed by atoms with Crippen molar-refractivity contribution in [2.45, 2.75) is 45.1 Å². The van der Waals surface area contributed by atoms with E-state index in [2.05, 4.69) is 15.0 Å². The highest BCUT2D eigenvalue weighted by Crippen LogP contribution is 2.48. The van der Waals surface area contributed by atoms with Gasteiger partial charge in [-0.3, -0.25) is 4.98 Å². The van der Waals surface area contributed by atoms with Gasteiger partial charge in [-0.05, 0) is 49.2 Å². The van der Waals surface area contributed by atoms with Crippen molar-refractivity contribution in [2.24, 2.45) is 0 Å². The minimum Gasteiger partial charge on any atom is -0.487 e. The number of nitrogens with one attached hydrogen (secondary N) is 1. The summed E-state index contributed by atoms with van der Waals surface area (Å²) in [5.74, 6) is -1.59. The Hall–Kier alpha value is -2.47. The molecular weight excluding hydrogens is 384 g/mol. The van der Waals surface area contributed by atoms with E-state index in [1.54, 1.807) is 0 Å². The molecule has 1 saturated carbocycles. The van der Waals surface area contributed by atoms with Gasteiger partial charge in [0.15, 0.2) is 0 Å². The van der Waals surface area contributed by atoms with Gasteiger partial charge >= 0.3 is 0 Å². The van der Waals surface area contributed by atoms with Gasteiger partial charge < -0.3 is 9.72 Å². The Bertz CT molecular complexity index is 993. The molecule has 1 N–H and O–H groups in total. The third-order valence-electron chi connectivity index (χ3n) is 4.95. The number of H-pyrrole nitrogens is 1. The number of halogens is 3. The van der Waals surface area contributed by atoms with Crippen LogP contribution in [0.2, 0.25) is 5.15 Å². The largest absolute Gasteiger partial charge is 0.487 e. The molecule has 0 amide bonds. The van der Waals surface area contributed by atoms with Crippen LogP contribution in [0.4, 0.5) is 8.78 Å². The molecule has 1 fully saturated rings. The molecule has 1 aliphatic rings. The zero-order valence-electron chi connectivity index (χ0n) is 15.6. The molecule has 4 rings (SSSR count). The number of aromatic nitrogens is 3. The first-order valence-corrected chi connectivity index (χ1v) is 9.47. The van der Waals surface area contributed by atoms with Crippen LogP contribution in [0.1, 0.15) is 41.4 Å². The summed E-state index contributed by atoms with van der Waals surface area (Å²) in [6.45, 7) is 4.31. The van der Waals surface area contributed by atoms with Gasteiger partial charge in [-0.15, -0.1) is 0 Å². The van der Waals surface area contributed by atoms with Crippen LogP contribution in [0.3, 0.4) is 0 Å². The Labute approximate surface area is 166 Å². The van der Waals surface area contributed by atoms with E-state index >= 15 is 0 Å². The summed E-state index contributed by atoms with van der Waals surface area (Å²) in [5, 5.41) is 0.363. The summed E-state index contributed by atoms with van der Waals surface area (Å²) in [4.78, 5) is 11.8. The number of imidazole rings is 1. The zero-order valence-corrected chi connectivity index (χ0v) is 16.4. The molecule has 0 atom stereocenters. The number of hydrogen-bond donors (Lipinski definition) is 1. The fraction of sp³-hybridized carbons (Fsp3) is 0.333. The minimum absolute atomic E-state index is 0.185. The Morgan fingerprint density at radius 3 is 2.64 bits per heavy atom. The van der Waals surface area contributed by atoms with Crippen molar-refractivity contribution in [3.8, 4) is 17.0 Å². The molecule has 4 nitrogen and oxygen atoms in total. The average molecular weight is 404 g/mol. The molecule has 0 spiro atoms. The summed E-state index contributed by atoms with van der Waals surface area (Å²) < 4.78 is 32.1. The molecule has 7 heteroatoms. The third kappa shape index (κ3) is 3.87. The lowest BCUT2D eigenvalue weighted by molar-refractivity contribution is -0.0883. The lowest BCUT2D eigenvalue weighted by atomic mass is 9.81. The highest BCUT2D eigenvalue weighted by molar-refractivity contribution is 6.31. The fourth-order valence-electron chi connectivity index (χ4n) is 3.30. The predicted octanol–water partition coefficient (Wildman–Crippen LogP) is 5.83. The lowest BCUT2D eigenvalue weighted by Crippen LogP contribution is -2.34. The van der Waals surface area contributed by atoms with Crippen LogP contribution in [-0.4, -0.2) is 20.9 Å². The van der Waals surface area contributed by atoms with Gasteiger partial charge in [0, 0.05) is 30.5 Å². The first-order valence-electron chi connectivity index (χ1n) is 9.09. The van der Waals surface area contributed by atoms with Crippen molar-refractivity contribution in [2.75, 3.05) is 0 Å². The van der Waals surface area contributed by atoms with E-state index in [0.717, 1.165) is 28.1 Å². The number of aryl methyl sites for hydroxylation is 2. The number of aromatic amines is 1. The summed E-state index contributed by atoms with van der Waals surface area (Å²) in [6, 6.07) is 9.59. The van der Waals surface area contributed by atoms with Crippen molar-refractivity contribution in [3.63, 3.8) is 0 Å². The van der Waals surface area contributed by atoms with E-state index in [4.69, 9.17) is 16.3 Å². The molecule has 2 heterocycles. The second kappa shape index (κ2) is 7.17. The molecule has 0 aliphatic heterocycles. The maximum absolute atomic E-state index is 13.1. The average Bonchev–Trinajstić information content (AvgIpc) is 3.01. The van der Waals surface area contributed by atoms with Crippen LogP contribution >= 0.6 is 11.6 Å². The van der Waals surface area contributed by atoms with E-state index in [0.29, 0.717) is 23.3 Å². The molecule has 146 valence electrons. The number of ether oxygens (including phenoxy) is 1. The maximum atomic E-state index is 13.1. The standard InChI is InChI=1S/C21H20ClF2N3O/c1-12-3-5-16(25-10-12)11-28-17-6-4-14(7-13(17)2)18-19(22)27-20(26-18)15-8-21(23,24)9-15/h3-7,10,15H,8-9,11H2,1-2H3,(H,26,27).